The molecule has 2 N–H and O–H groups in total. The average Bonchev–Trinajstić information content (AvgIpc) is 3.00. The summed E-state index contributed by atoms with van der Waals surface area (Å²) in [4.78, 5) is 2.52. The van der Waals surface area contributed by atoms with Crippen LogP contribution in [-0.4, -0.2) is 24.5 Å². The van der Waals surface area contributed by atoms with E-state index in [1.807, 2.05) is 0 Å². The van der Waals surface area contributed by atoms with Gasteiger partial charge >= 0.3 is 0 Å². The molecule has 3 rings (SSSR count). The van der Waals surface area contributed by atoms with Crippen molar-refractivity contribution in [2.45, 2.75) is 51.6 Å². The molecule has 2 aliphatic carbocycles. The number of hydrogen-bond donors (Lipinski definition) is 1. The van der Waals surface area contributed by atoms with E-state index in [0.29, 0.717) is 6.04 Å². The van der Waals surface area contributed by atoms with Crippen molar-refractivity contribution in [3.05, 3.63) is 35.4 Å². The molecule has 2 saturated carbocycles. The Morgan fingerprint density at radius 1 is 1.29 bits per heavy atom. The zero-order chi connectivity index (χ0) is 15.0. The number of benzene rings is 1. The lowest BCUT2D eigenvalue weighted by molar-refractivity contribution is 0.158. The molecule has 0 saturated heterocycles. The van der Waals surface area contributed by atoms with E-state index in [1.54, 1.807) is 0 Å². The summed E-state index contributed by atoms with van der Waals surface area (Å²) >= 11 is 0. The highest BCUT2D eigenvalue weighted by Crippen LogP contribution is 2.48. The zero-order valence-corrected chi connectivity index (χ0v) is 13.8. The fourth-order valence-corrected chi connectivity index (χ4v) is 4.90. The van der Waals surface area contributed by atoms with E-state index in [2.05, 4.69) is 50.1 Å². The molecule has 0 amide bonds. The summed E-state index contributed by atoms with van der Waals surface area (Å²) in [6.45, 7) is 5.52. The minimum absolute atomic E-state index is 0.162. The third kappa shape index (κ3) is 3.17. The molecule has 0 radical (unpaired) electrons. The van der Waals surface area contributed by atoms with Crippen molar-refractivity contribution < 1.29 is 0 Å². The van der Waals surface area contributed by atoms with Crippen LogP contribution in [0.3, 0.4) is 0 Å². The van der Waals surface area contributed by atoms with Gasteiger partial charge in [0.15, 0.2) is 0 Å². The first-order valence-corrected chi connectivity index (χ1v) is 8.57. The Balaban J connectivity index is 1.71. The fraction of sp³-hybridized carbons (Fsp3) is 0.684. The highest BCUT2D eigenvalue weighted by atomic mass is 15.1. The van der Waals surface area contributed by atoms with Gasteiger partial charge in [-0.15, -0.1) is 0 Å². The summed E-state index contributed by atoms with van der Waals surface area (Å²) in [7, 11) is 2.27. The Hall–Kier alpha value is -0.860. The molecule has 21 heavy (non-hydrogen) atoms. The van der Waals surface area contributed by atoms with Crippen molar-refractivity contribution in [1.82, 2.24) is 4.90 Å². The molecule has 5 unspecified atom stereocenters. The lowest BCUT2D eigenvalue weighted by Gasteiger charge is -2.35. The maximum atomic E-state index is 6.33. The van der Waals surface area contributed by atoms with E-state index in [0.717, 1.165) is 17.8 Å². The summed E-state index contributed by atoms with van der Waals surface area (Å²) in [6.07, 6.45) is 5.90. The number of fused-ring (bicyclic) bond motifs is 2. The average molecular weight is 286 g/mol. The van der Waals surface area contributed by atoms with Crippen LogP contribution < -0.4 is 5.73 Å². The van der Waals surface area contributed by atoms with Gasteiger partial charge in [-0.3, -0.25) is 4.90 Å². The molecular weight excluding hydrogens is 256 g/mol. The van der Waals surface area contributed by atoms with Crippen LogP contribution in [-0.2, 0) is 0 Å². The number of aryl methyl sites for hydroxylation is 1. The van der Waals surface area contributed by atoms with Gasteiger partial charge in [-0.2, -0.15) is 0 Å². The van der Waals surface area contributed by atoms with Crippen molar-refractivity contribution in [2.75, 3.05) is 13.6 Å². The Labute approximate surface area is 129 Å². The first kappa shape index (κ1) is 15.1. The van der Waals surface area contributed by atoms with E-state index in [4.69, 9.17) is 5.73 Å². The van der Waals surface area contributed by atoms with E-state index in [-0.39, 0.29) is 6.04 Å². The van der Waals surface area contributed by atoms with E-state index >= 15 is 0 Å². The molecular formula is C19H30N2. The topological polar surface area (TPSA) is 29.3 Å². The molecule has 0 heterocycles. The monoisotopic (exact) mass is 286 g/mol. The minimum Gasteiger partial charge on any atom is -0.326 e. The highest BCUT2D eigenvalue weighted by Gasteiger charge is 2.40. The molecule has 0 aliphatic heterocycles. The second-order valence-electron chi connectivity index (χ2n) is 7.59. The van der Waals surface area contributed by atoms with Gasteiger partial charge in [0.25, 0.3) is 0 Å². The SMILES string of the molecule is Cc1cccc(C(C(C)N)N(C)CC2CC3CCC2C3)c1. The molecule has 2 aliphatic rings. The summed E-state index contributed by atoms with van der Waals surface area (Å²) in [5.74, 6) is 2.92. The summed E-state index contributed by atoms with van der Waals surface area (Å²) in [6, 6.07) is 9.35. The van der Waals surface area contributed by atoms with E-state index in [1.165, 1.54) is 43.4 Å². The lowest BCUT2D eigenvalue weighted by atomic mass is 9.87. The number of nitrogens with zero attached hydrogens (tertiary/aromatic N) is 1. The molecule has 2 nitrogen and oxygen atoms in total. The lowest BCUT2D eigenvalue weighted by Crippen LogP contribution is -2.40. The van der Waals surface area contributed by atoms with Crippen LogP contribution in [0, 0.1) is 24.7 Å². The normalized spacial score (nSPS) is 30.8. The van der Waals surface area contributed by atoms with Gasteiger partial charge in [0, 0.05) is 18.6 Å². The van der Waals surface area contributed by atoms with Gasteiger partial charge in [0.1, 0.15) is 0 Å². The van der Waals surface area contributed by atoms with Gasteiger partial charge in [-0.1, -0.05) is 36.2 Å². The quantitative estimate of drug-likeness (QED) is 0.893. The molecule has 2 heteroatoms. The Kier molecular flexibility index (Phi) is 4.37. The van der Waals surface area contributed by atoms with Crippen LogP contribution >= 0.6 is 0 Å². The van der Waals surface area contributed by atoms with E-state index in [9.17, 15) is 0 Å². The standard InChI is InChI=1S/C19H30N2/c1-13-5-4-6-17(9-13)19(14(2)20)21(3)12-18-11-15-7-8-16(18)10-15/h4-6,9,14-16,18-19H,7-8,10-12,20H2,1-3H3. The molecule has 116 valence electrons. The maximum Gasteiger partial charge on any atom is 0.0493 e. The molecule has 2 bridgehead atoms. The van der Waals surface area contributed by atoms with Crippen LogP contribution in [0.5, 0.6) is 0 Å². The molecule has 5 atom stereocenters. The van der Waals surface area contributed by atoms with Gasteiger partial charge < -0.3 is 5.73 Å². The predicted octanol–water partition coefficient (Wildman–Crippen LogP) is 3.75. The van der Waals surface area contributed by atoms with Crippen LogP contribution in [0.4, 0.5) is 0 Å². The van der Waals surface area contributed by atoms with Gasteiger partial charge in [-0.05, 0) is 63.5 Å². The second-order valence-corrected chi connectivity index (χ2v) is 7.59. The first-order valence-electron chi connectivity index (χ1n) is 8.57. The number of likely N-dealkylation sites (N-methyl/N-ethyl adjacent to an activating group) is 1. The summed E-state index contributed by atoms with van der Waals surface area (Å²) in [5, 5.41) is 0. The molecule has 1 aromatic carbocycles. The first-order chi connectivity index (χ1) is 10.0. The summed E-state index contributed by atoms with van der Waals surface area (Å²) < 4.78 is 0. The van der Waals surface area contributed by atoms with E-state index < -0.39 is 0 Å². The second kappa shape index (κ2) is 6.10. The number of hydrogen-bond acceptors (Lipinski definition) is 2. The predicted molar refractivity (Wildman–Crippen MR) is 89.1 cm³/mol. The Morgan fingerprint density at radius 2 is 2.10 bits per heavy atom. The largest absolute Gasteiger partial charge is 0.326 e. The third-order valence-corrected chi connectivity index (χ3v) is 5.76. The highest BCUT2D eigenvalue weighted by molar-refractivity contribution is 5.26. The van der Waals surface area contributed by atoms with Crippen molar-refractivity contribution in [3.8, 4) is 0 Å². The number of nitrogens with two attached hydrogens (primary N) is 1. The van der Waals surface area contributed by atoms with Gasteiger partial charge in [0.05, 0.1) is 0 Å². The summed E-state index contributed by atoms with van der Waals surface area (Å²) in [5.41, 5.74) is 9.02. The van der Waals surface area contributed by atoms with Crippen LogP contribution in [0.25, 0.3) is 0 Å². The van der Waals surface area contributed by atoms with Crippen LogP contribution in [0.2, 0.25) is 0 Å². The Bertz CT molecular complexity index is 482. The van der Waals surface area contributed by atoms with Crippen molar-refractivity contribution in [2.24, 2.45) is 23.5 Å². The molecule has 1 aromatic rings. The van der Waals surface area contributed by atoms with Crippen molar-refractivity contribution >= 4 is 0 Å². The smallest absolute Gasteiger partial charge is 0.0493 e. The molecule has 0 aromatic heterocycles. The minimum atomic E-state index is 0.162. The van der Waals surface area contributed by atoms with Gasteiger partial charge in [-0.25, -0.2) is 0 Å². The molecule has 2 fully saturated rings. The van der Waals surface area contributed by atoms with Crippen LogP contribution in [0.1, 0.15) is 49.8 Å². The van der Waals surface area contributed by atoms with Gasteiger partial charge in [0.2, 0.25) is 0 Å². The third-order valence-electron chi connectivity index (χ3n) is 5.76. The zero-order valence-electron chi connectivity index (χ0n) is 13.8. The number of rotatable bonds is 5. The van der Waals surface area contributed by atoms with Crippen LogP contribution in [0.15, 0.2) is 24.3 Å². The molecule has 0 spiro atoms. The maximum absolute atomic E-state index is 6.33. The van der Waals surface area contributed by atoms with Crippen molar-refractivity contribution in [1.29, 1.82) is 0 Å². The van der Waals surface area contributed by atoms with Crippen molar-refractivity contribution in [3.63, 3.8) is 0 Å². The fourth-order valence-electron chi connectivity index (χ4n) is 4.90. The Morgan fingerprint density at radius 3 is 2.67 bits per heavy atom.